The first-order valence-electron chi connectivity index (χ1n) is 9.98. The van der Waals surface area contributed by atoms with E-state index in [4.69, 9.17) is 9.57 Å². The highest BCUT2D eigenvalue weighted by Crippen LogP contribution is 2.19. The maximum absolute atomic E-state index is 12.8. The zero-order chi connectivity index (χ0) is 21.3. The van der Waals surface area contributed by atoms with Crippen LogP contribution in [0.25, 0.3) is 0 Å². The van der Waals surface area contributed by atoms with Crippen LogP contribution < -0.4 is 10.6 Å². The van der Waals surface area contributed by atoms with Crippen LogP contribution in [0.15, 0.2) is 59.8 Å². The van der Waals surface area contributed by atoms with Crippen LogP contribution in [-0.4, -0.2) is 49.9 Å². The van der Waals surface area contributed by atoms with Crippen LogP contribution in [0.5, 0.6) is 0 Å². The van der Waals surface area contributed by atoms with E-state index in [1.807, 2.05) is 61.5 Å². The van der Waals surface area contributed by atoms with Crippen LogP contribution in [0.1, 0.15) is 23.1 Å². The summed E-state index contributed by atoms with van der Waals surface area (Å²) in [4.78, 5) is 30.9. The number of carbonyl (C=O) groups is 2. The molecular formula is C23H27N3O4. The normalized spacial score (nSPS) is 16.3. The van der Waals surface area contributed by atoms with Gasteiger partial charge in [0.2, 0.25) is 12.0 Å². The Balaban J connectivity index is 1.64. The van der Waals surface area contributed by atoms with Crippen LogP contribution >= 0.6 is 0 Å². The second-order valence-electron chi connectivity index (χ2n) is 7.19. The highest BCUT2D eigenvalue weighted by molar-refractivity contribution is 6.05. The molecule has 0 bridgehead atoms. The van der Waals surface area contributed by atoms with Crippen LogP contribution in [0, 0.1) is 6.92 Å². The van der Waals surface area contributed by atoms with Gasteiger partial charge < -0.3 is 20.2 Å². The number of amides is 2. The maximum Gasteiger partial charge on any atom is 0.265 e. The first-order valence-corrected chi connectivity index (χ1v) is 9.98. The van der Waals surface area contributed by atoms with Crippen molar-refractivity contribution in [1.82, 2.24) is 10.6 Å². The molecule has 1 aliphatic heterocycles. The number of methoxy groups -OCH3 is 1. The molecule has 30 heavy (non-hydrogen) atoms. The number of oxime groups is 1. The predicted octanol–water partition coefficient (Wildman–Crippen LogP) is 1.98. The van der Waals surface area contributed by atoms with Gasteiger partial charge in [0.05, 0.1) is 12.3 Å². The first-order chi connectivity index (χ1) is 14.6. The molecule has 158 valence electrons. The molecule has 2 atom stereocenters. The summed E-state index contributed by atoms with van der Waals surface area (Å²) in [5.74, 6) is -0.618. The number of hydrogen-bond donors (Lipinski definition) is 2. The smallest absolute Gasteiger partial charge is 0.265 e. The second-order valence-corrected chi connectivity index (χ2v) is 7.19. The number of nitrogens with one attached hydrogen (secondary N) is 2. The van der Waals surface area contributed by atoms with Crippen molar-refractivity contribution in [1.29, 1.82) is 0 Å². The van der Waals surface area contributed by atoms with Gasteiger partial charge in [0, 0.05) is 32.1 Å². The standard InChI is InChI=1S/C23H27N3O4/c1-16-8-6-7-11-18(16)19-15-21(30-26-19)23(28)25-20(22(27)24-12-13-29-2)14-17-9-4-3-5-10-17/h3-11,20-21H,12-15H2,1-2H3,(H,24,27)(H,25,28)/t20-,21-/m0/s1. The summed E-state index contributed by atoms with van der Waals surface area (Å²) in [5, 5.41) is 9.73. The van der Waals surface area contributed by atoms with Crippen molar-refractivity contribution in [3.63, 3.8) is 0 Å². The summed E-state index contributed by atoms with van der Waals surface area (Å²) in [7, 11) is 1.57. The summed E-state index contributed by atoms with van der Waals surface area (Å²) in [6, 6.07) is 16.7. The minimum absolute atomic E-state index is 0.262. The summed E-state index contributed by atoms with van der Waals surface area (Å²) < 4.78 is 4.98. The van der Waals surface area contributed by atoms with Crippen LogP contribution in [0.4, 0.5) is 0 Å². The monoisotopic (exact) mass is 409 g/mol. The fraction of sp³-hybridized carbons (Fsp3) is 0.348. The number of nitrogens with zero attached hydrogens (tertiary/aromatic N) is 1. The van der Waals surface area contributed by atoms with Crippen molar-refractivity contribution in [2.24, 2.45) is 5.16 Å². The molecule has 0 radical (unpaired) electrons. The molecule has 0 unspecified atom stereocenters. The first kappa shape index (κ1) is 21.5. The third-order valence-electron chi connectivity index (χ3n) is 4.94. The van der Waals surface area contributed by atoms with Gasteiger partial charge >= 0.3 is 0 Å². The van der Waals surface area contributed by atoms with E-state index in [2.05, 4.69) is 15.8 Å². The molecule has 2 aromatic carbocycles. The molecular weight excluding hydrogens is 382 g/mol. The average molecular weight is 409 g/mol. The van der Waals surface area contributed by atoms with E-state index in [0.29, 0.717) is 26.0 Å². The fourth-order valence-electron chi connectivity index (χ4n) is 3.30. The third kappa shape index (κ3) is 5.67. The number of carbonyl (C=O) groups excluding carboxylic acids is 2. The lowest BCUT2D eigenvalue weighted by Gasteiger charge is -2.20. The lowest BCUT2D eigenvalue weighted by Crippen LogP contribution is -2.51. The van der Waals surface area contributed by atoms with E-state index in [1.54, 1.807) is 7.11 Å². The minimum atomic E-state index is -0.760. The van der Waals surface area contributed by atoms with Crippen molar-refractivity contribution in [3.05, 3.63) is 71.3 Å². The number of rotatable bonds is 9. The number of aryl methyl sites for hydroxylation is 1. The zero-order valence-electron chi connectivity index (χ0n) is 17.3. The van der Waals surface area contributed by atoms with E-state index in [1.165, 1.54) is 0 Å². The van der Waals surface area contributed by atoms with Crippen LogP contribution in [0.2, 0.25) is 0 Å². The van der Waals surface area contributed by atoms with Crippen LogP contribution in [0.3, 0.4) is 0 Å². The number of ether oxygens (including phenoxy) is 1. The minimum Gasteiger partial charge on any atom is -0.383 e. The zero-order valence-corrected chi connectivity index (χ0v) is 17.3. The molecule has 0 spiro atoms. The maximum atomic E-state index is 12.8. The Hall–Kier alpha value is -3.19. The van der Waals surface area contributed by atoms with E-state index in [0.717, 1.165) is 22.4 Å². The molecule has 1 heterocycles. The van der Waals surface area contributed by atoms with Gasteiger partial charge in [-0.15, -0.1) is 0 Å². The predicted molar refractivity (Wildman–Crippen MR) is 114 cm³/mol. The third-order valence-corrected chi connectivity index (χ3v) is 4.94. The van der Waals surface area contributed by atoms with Gasteiger partial charge in [-0.25, -0.2) is 0 Å². The summed E-state index contributed by atoms with van der Waals surface area (Å²) >= 11 is 0. The molecule has 0 aliphatic carbocycles. The molecule has 0 fully saturated rings. The SMILES string of the molecule is COCCNC(=O)[C@H](Cc1ccccc1)NC(=O)[C@@H]1CC(c2ccccc2C)=NO1. The van der Waals surface area contributed by atoms with Crippen molar-refractivity contribution >= 4 is 17.5 Å². The lowest BCUT2D eigenvalue weighted by molar-refractivity contribution is -0.135. The van der Waals surface area contributed by atoms with Gasteiger partial charge in [-0.05, 0) is 18.1 Å². The van der Waals surface area contributed by atoms with Gasteiger partial charge in [0.1, 0.15) is 6.04 Å². The largest absolute Gasteiger partial charge is 0.383 e. The summed E-state index contributed by atoms with van der Waals surface area (Å²) in [5.41, 5.74) is 3.72. The second kappa shape index (κ2) is 10.5. The molecule has 0 saturated heterocycles. The van der Waals surface area contributed by atoms with Crippen molar-refractivity contribution in [3.8, 4) is 0 Å². The van der Waals surface area contributed by atoms with Crippen molar-refractivity contribution < 1.29 is 19.2 Å². The van der Waals surface area contributed by atoms with Crippen LogP contribution in [-0.2, 0) is 25.6 Å². The summed E-state index contributed by atoms with van der Waals surface area (Å²) in [6.45, 7) is 2.76. The Morgan fingerprint density at radius 2 is 1.90 bits per heavy atom. The van der Waals surface area contributed by atoms with Gasteiger partial charge in [-0.1, -0.05) is 59.8 Å². The molecule has 7 nitrogen and oxygen atoms in total. The lowest BCUT2D eigenvalue weighted by atomic mass is 9.99. The van der Waals surface area contributed by atoms with Gasteiger partial charge in [-0.3, -0.25) is 9.59 Å². The average Bonchev–Trinajstić information content (AvgIpc) is 3.24. The van der Waals surface area contributed by atoms with Gasteiger partial charge in [-0.2, -0.15) is 0 Å². The fourth-order valence-corrected chi connectivity index (χ4v) is 3.30. The number of hydrogen-bond acceptors (Lipinski definition) is 5. The van der Waals surface area contributed by atoms with Gasteiger partial charge in [0.15, 0.2) is 0 Å². The Bertz CT molecular complexity index is 898. The topological polar surface area (TPSA) is 89.0 Å². The molecule has 2 aromatic rings. The molecule has 3 rings (SSSR count). The molecule has 2 amide bonds. The van der Waals surface area contributed by atoms with Gasteiger partial charge in [0.25, 0.3) is 5.91 Å². The Kier molecular flexibility index (Phi) is 7.57. The highest BCUT2D eigenvalue weighted by Gasteiger charge is 2.32. The van der Waals surface area contributed by atoms with E-state index in [9.17, 15) is 9.59 Å². The Labute approximate surface area is 176 Å². The molecule has 0 saturated carbocycles. The van der Waals surface area contributed by atoms with E-state index in [-0.39, 0.29) is 11.8 Å². The van der Waals surface area contributed by atoms with Crippen molar-refractivity contribution in [2.45, 2.75) is 31.9 Å². The van der Waals surface area contributed by atoms with E-state index >= 15 is 0 Å². The van der Waals surface area contributed by atoms with E-state index < -0.39 is 12.1 Å². The van der Waals surface area contributed by atoms with Crippen molar-refractivity contribution in [2.75, 3.05) is 20.3 Å². The molecule has 7 heteroatoms. The quantitative estimate of drug-likeness (QED) is 0.620. The Morgan fingerprint density at radius 3 is 2.63 bits per heavy atom. The molecule has 1 aliphatic rings. The summed E-state index contributed by atoms with van der Waals surface area (Å²) in [6.07, 6.45) is -0.0198. The molecule has 0 aromatic heterocycles. The number of benzene rings is 2. The highest BCUT2D eigenvalue weighted by atomic mass is 16.6. The Morgan fingerprint density at radius 1 is 1.17 bits per heavy atom. The molecule has 2 N–H and O–H groups in total.